The van der Waals surface area contributed by atoms with Crippen LogP contribution in [0.1, 0.15) is 42.7 Å². The average molecular weight is 397 g/mol. The number of amides is 1. The summed E-state index contributed by atoms with van der Waals surface area (Å²) in [4.78, 5) is 14.9. The van der Waals surface area contributed by atoms with Crippen molar-refractivity contribution in [2.24, 2.45) is 5.92 Å². The highest BCUT2D eigenvalue weighted by atomic mass is 19.1. The fourth-order valence-electron chi connectivity index (χ4n) is 4.67. The van der Waals surface area contributed by atoms with E-state index in [1.165, 1.54) is 23.3 Å². The maximum atomic E-state index is 13.1. The molecule has 1 amide bonds. The summed E-state index contributed by atoms with van der Waals surface area (Å²) < 4.78 is 18.4. The lowest BCUT2D eigenvalue weighted by molar-refractivity contribution is -0.121. The third kappa shape index (κ3) is 4.72. The van der Waals surface area contributed by atoms with Crippen molar-refractivity contribution in [1.82, 2.24) is 5.32 Å². The van der Waals surface area contributed by atoms with Crippen molar-refractivity contribution in [3.05, 3.63) is 59.4 Å². The molecular formula is C24H29FN2O2. The van der Waals surface area contributed by atoms with Gasteiger partial charge >= 0.3 is 0 Å². The number of hydrogen-bond acceptors (Lipinski definition) is 3. The third-order valence-corrected chi connectivity index (χ3v) is 6.29. The molecule has 2 aromatic rings. The van der Waals surface area contributed by atoms with Crippen molar-refractivity contribution in [1.29, 1.82) is 0 Å². The van der Waals surface area contributed by atoms with E-state index >= 15 is 0 Å². The number of nitrogens with zero attached hydrogens (tertiary/aromatic N) is 1. The van der Waals surface area contributed by atoms with Crippen LogP contribution in [0, 0.1) is 11.7 Å². The molecule has 0 bridgehead atoms. The molecule has 1 heterocycles. The number of carbonyl (C=O) groups is 1. The van der Waals surface area contributed by atoms with Gasteiger partial charge in [-0.1, -0.05) is 6.07 Å². The minimum Gasteiger partial charge on any atom is -0.497 e. The Hall–Kier alpha value is -2.56. The SMILES string of the molecule is COc1ccc2c(c1)CCCC2CC(=O)NCC1CCN(c2ccc(F)cc2)C1. The van der Waals surface area contributed by atoms with Crippen molar-refractivity contribution >= 4 is 11.6 Å². The molecule has 154 valence electrons. The standard InChI is InChI=1S/C24H29FN2O2/c1-29-22-9-10-23-18(13-22)3-2-4-19(23)14-24(28)26-15-17-11-12-27(16-17)21-7-5-20(25)6-8-21/h5-10,13,17,19H,2-4,11-12,14-16H2,1H3,(H,26,28). The fourth-order valence-corrected chi connectivity index (χ4v) is 4.67. The number of ether oxygens (including phenoxy) is 1. The number of anilines is 1. The van der Waals surface area contributed by atoms with Gasteiger partial charge in [0.25, 0.3) is 0 Å². The molecule has 2 aromatic carbocycles. The minimum absolute atomic E-state index is 0.138. The molecule has 1 saturated heterocycles. The molecule has 4 nitrogen and oxygen atoms in total. The molecule has 1 aliphatic heterocycles. The Morgan fingerprint density at radius 3 is 2.83 bits per heavy atom. The van der Waals surface area contributed by atoms with Gasteiger partial charge in [-0.3, -0.25) is 4.79 Å². The molecule has 4 rings (SSSR count). The first-order valence-corrected chi connectivity index (χ1v) is 10.6. The van der Waals surface area contributed by atoms with Crippen LogP contribution in [0.15, 0.2) is 42.5 Å². The van der Waals surface area contributed by atoms with E-state index in [1.54, 1.807) is 7.11 Å². The highest BCUT2D eigenvalue weighted by Crippen LogP contribution is 2.35. The second kappa shape index (κ2) is 8.85. The summed E-state index contributed by atoms with van der Waals surface area (Å²) in [5, 5.41) is 3.16. The molecule has 1 aliphatic carbocycles. The zero-order valence-electron chi connectivity index (χ0n) is 17.0. The quantitative estimate of drug-likeness (QED) is 0.792. The largest absolute Gasteiger partial charge is 0.497 e. The van der Waals surface area contributed by atoms with Gasteiger partial charge in [0.2, 0.25) is 5.91 Å². The van der Waals surface area contributed by atoms with Gasteiger partial charge in [0.1, 0.15) is 11.6 Å². The summed E-state index contributed by atoms with van der Waals surface area (Å²) in [6.07, 6.45) is 4.84. The van der Waals surface area contributed by atoms with Gasteiger partial charge in [-0.25, -0.2) is 4.39 Å². The van der Waals surface area contributed by atoms with Crippen molar-refractivity contribution < 1.29 is 13.9 Å². The van der Waals surface area contributed by atoms with Crippen LogP contribution in [0.2, 0.25) is 0 Å². The highest BCUT2D eigenvalue weighted by molar-refractivity contribution is 5.77. The predicted octanol–water partition coefficient (Wildman–Crippen LogP) is 4.29. The fraction of sp³-hybridized carbons (Fsp3) is 0.458. The predicted molar refractivity (Wildman–Crippen MR) is 113 cm³/mol. The van der Waals surface area contributed by atoms with Gasteiger partial charge in [0.15, 0.2) is 0 Å². The van der Waals surface area contributed by atoms with Gasteiger partial charge in [0.05, 0.1) is 7.11 Å². The van der Waals surface area contributed by atoms with E-state index in [0.29, 0.717) is 24.8 Å². The van der Waals surface area contributed by atoms with Crippen LogP contribution in [-0.4, -0.2) is 32.7 Å². The van der Waals surface area contributed by atoms with Crippen LogP contribution in [0.4, 0.5) is 10.1 Å². The van der Waals surface area contributed by atoms with Crippen molar-refractivity contribution in [2.45, 2.75) is 38.0 Å². The molecule has 2 atom stereocenters. The van der Waals surface area contributed by atoms with Crippen molar-refractivity contribution in [3.8, 4) is 5.75 Å². The number of rotatable bonds is 6. The molecule has 1 fully saturated rings. The summed E-state index contributed by atoms with van der Waals surface area (Å²) >= 11 is 0. The van der Waals surface area contributed by atoms with E-state index in [1.807, 2.05) is 18.2 Å². The maximum Gasteiger partial charge on any atom is 0.220 e. The van der Waals surface area contributed by atoms with Gasteiger partial charge in [-0.05, 0) is 85.0 Å². The van der Waals surface area contributed by atoms with E-state index in [4.69, 9.17) is 4.74 Å². The number of hydrogen-bond donors (Lipinski definition) is 1. The van der Waals surface area contributed by atoms with E-state index in [9.17, 15) is 9.18 Å². The summed E-state index contributed by atoms with van der Waals surface area (Å²) in [5.74, 6) is 1.55. The van der Waals surface area contributed by atoms with Crippen molar-refractivity contribution in [2.75, 3.05) is 31.6 Å². The third-order valence-electron chi connectivity index (χ3n) is 6.29. The highest BCUT2D eigenvalue weighted by Gasteiger charge is 2.25. The number of nitrogens with one attached hydrogen (secondary N) is 1. The number of fused-ring (bicyclic) bond motifs is 1. The number of aryl methyl sites for hydroxylation is 1. The smallest absolute Gasteiger partial charge is 0.220 e. The Kier molecular flexibility index (Phi) is 6.02. The molecule has 0 aromatic heterocycles. The first-order valence-electron chi connectivity index (χ1n) is 10.6. The molecule has 0 spiro atoms. The van der Waals surface area contributed by atoms with Gasteiger partial charge in [-0.2, -0.15) is 0 Å². The first kappa shape index (κ1) is 19.7. The minimum atomic E-state index is -0.209. The first-order chi connectivity index (χ1) is 14.1. The molecule has 0 saturated carbocycles. The van der Waals surface area contributed by atoms with Crippen LogP contribution in [-0.2, 0) is 11.2 Å². The van der Waals surface area contributed by atoms with E-state index in [-0.39, 0.29) is 11.7 Å². The molecule has 5 heteroatoms. The van der Waals surface area contributed by atoms with E-state index < -0.39 is 0 Å². The second-order valence-electron chi connectivity index (χ2n) is 8.24. The van der Waals surface area contributed by atoms with Gasteiger partial charge in [0, 0.05) is 31.7 Å². The van der Waals surface area contributed by atoms with Crippen LogP contribution in [0.3, 0.4) is 0 Å². The zero-order valence-corrected chi connectivity index (χ0v) is 17.0. The van der Waals surface area contributed by atoms with Crippen LogP contribution < -0.4 is 15.0 Å². The molecule has 0 radical (unpaired) electrons. The zero-order chi connectivity index (χ0) is 20.2. The Bertz CT molecular complexity index is 852. The maximum absolute atomic E-state index is 13.1. The monoisotopic (exact) mass is 396 g/mol. The number of methoxy groups -OCH3 is 1. The molecule has 29 heavy (non-hydrogen) atoms. The number of halogens is 1. The lowest BCUT2D eigenvalue weighted by atomic mass is 9.81. The molecule has 2 aliphatic rings. The Morgan fingerprint density at radius 1 is 1.21 bits per heavy atom. The summed E-state index contributed by atoms with van der Waals surface area (Å²) in [5.41, 5.74) is 3.67. The summed E-state index contributed by atoms with van der Waals surface area (Å²) in [6, 6.07) is 12.9. The lowest BCUT2D eigenvalue weighted by Gasteiger charge is -2.26. The number of benzene rings is 2. The Morgan fingerprint density at radius 2 is 2.03 bits per heavy atom. The van der Waals surface area contributed by atoms with Gasteiger partial charge < -0.3 is 15.0 Å². The lowest BCUT2D eigenvalue weighted by Crippen LogP contribution is -2.32. The topological polar surface area (TPSA) is 41.6 Å². The summed E-state index contributed by atoms with van der Waals surface area (Å²) in [7, 11) is 1.69. The Labute approximate surface area is 172 Å². The molecule has 1 N–H and O–H groups in total. The summed E-state index contributed by atoms with van der Waals surface area (Å²) in [6.45, 7) is 2.56. The molecule has 2 unspecified atom stereocenters. The number of carbonyl (C=O) groups excluding carboxylic acids is 1. The normalized spacial score (nSPS) is 21.0. The van der Waals surface area contributed by atoms with Crippen LogP contribution in [0.5, 0.6) is 5.75 Å². The van der Waals surface area contributed by atoms with Crippen molar-refractivity contribution in [3.63, 3.8) is 0 Å². The van der Waals surface area contributed by atoms with E-state index in [2.05, 4.69) is 22.3 Å². The molecular weight excluding hydrogens is 367 g/mol. The van der Waals surface area contributed by atoms with Crippen LogP contribution in [0.25, 0.3) is 0 Å². The van der Waals surface area contributed by atoms with Crippen LogP contribution >= 0.6 is 0 Å². The van der Waals surface area contributed by atoms with Gasteiger partial charge in [-0.15, -0.1) is 0 Å². The average Bonchev–Trinajstić information content (AvgIpc) is 3.21. The Balaban J connectivity index is 1.27. The van der Waals surface area contributed by atoms with E-state index in [0.717, 1.165) is 50.2 Å². The second-order valence-corrected chi connectivity index (χ2v) is 8.24.